The number of carbonyl (C=O) groups excluding carboxylic acids is 1. The van der Waals surface area contributed by atoms with Gasteiger partial charge in [0.05, 0.1) is 6.20 Å². The number of aryl methyl sites for hydroxylation is 1. The van der Waals surface area contributed by atoms with Crippen LogP contribution in [-0.4, -0.2) is 21.1 Å². The Morgan fingerprint density at radius 3 is 2.57 bits per heavy atom. The molecule has 146 valence electrons. The summed E-state index contributed by atoms with van der Waals surface area (Å²) in [5, 5.41) is 6.37. The van der Waals surface area contributed by atoms with Gasteiger partial charge in [-0.2, -0.15) is 5.10 Å². The minimum atomic E-state index is -0.191. The molecule has 0 atom stereocenters. The minimum Gasteiger partial charge on any atom is -0.386 e. The number of imidazole rings is 1. The number of anilines is 1. The largest absolute Gasteiger partial charge is 0.386 e. The number of aromatic nitrogens is 2. The molecule has 0 unspecified atom stereocenters. The van der Waals surface area contributed by atoms with Crippen molar-refractivity contribution in [3.63, 3.8) is 0 Å². The van der Waals surface area contributed by atoms with Crippen molar-refractivity contribution in [1.82, 2.24) is 9.38 Å². The van der Waals surface area contributed by atoms with Gasteiger partial charge in [0.2, 0.25) is 0 Å². The maximum atomic E-state index is 12.6. The van der Waals surface area contributed by atoms with Gasteiger partial charge in [0.1, 0.15) is 11.5 Å². The summed E-state index contributed by atoms with van der Waals surface area (Å²) < 4.78 is 1.90. The first kappa shape index (κ1) is 19.4. The second kappa shape index (κ2) is 7.72. The van der Waals surface area contributed by atoms with Crippen LogP contribution in [0.3, 0.4) is 0 Å². The smallest absolute Gasteiger partial charge is 0.256 e. The lowest BCUT2D eigenvalue weighted by Gasteiger charge is -2.25. The van der Waals surface area contributed by atoms with Crippen molar-refractivity contribution >= 4 is 23.2 Å². The molecule has 3 rings (SSSR count). The number of pyridine rings is 1. The number of nitrogens with two attached hydrogens (primary N) is 2. The second-order valence-corrected chi connectivity index (χ2v) is 7.63. The molecule has 2 aromatic heterocycles. The SMILES string of the molecule is Cc1ccc2nc(NC(=O)c3ccc(C(C)(C)CC/C(N)=N/N)cc3)cn2c1. The fourth-order valence-electron chi connectivity index (χ4n) is 3.07. The van der Waals surface area contributed by atoms with Crippen LogP contribution in [0.4, 0.5) is 5.82 Å². The second-order valence-electron chi connectivity index (χ2n) is 7.63. The quantitative estimate of drug-likeness (QED) is 0.265. The Bertz CT molecular complexity index is 1020. The van der Waals surface area contributed by atoms with Gasteiger partial charge in [0.25, 0.3) is 5.91 Å². The number of nitrogens with one attached hydrogen (secondary N) is 1. The van der Waals surface area contributed by atoms with Gasteiger partial charge < -0.3 is 21.3 Å². The molecule has 1 aromatic carbocycles. The van der Waals surface area contributed by atoms with Crippen molar-refractivity contribution in [3.05, 3.63) is 65.5 Å². The summed E-state index contributed by atoms with van der Waals surface area (Å²) in [4.78, 5) is 17.0. The molecule has 0 aliphatic rings. The Hall–Kier alpha value is -3.35. The molecule has 0 aliphatic carbocycles. The predicted octanol–water partition coefficient (Wildman–Crippen LogP) is 3.18. The van der Waals surface area contributed by atoms with E-state index in [-0.39, 0.29) is 11.3 Å². The van der Waals surface area contributed by atoms with Gasteiger partial charge in [-0.05, 0) is 48.1 Å². The third kappa shape index (κ3) is 4.31. The van der Waals surface area contributed by atoms with E-state index in [0.29, 0.717) is 23.6 Å². The van der Waals surface area contributed by atoms with Crippen LogP contribution >= 0.6 is 0 Å². The van der Waals surface area contributed by atoms with Crippen molar-refractivity contribution in [3.8, 4) is 0 Å². The first-order valence-corrected chi connectivity index (χ1v) is 9.18. The number of hydrazone groups is 1. The Balaban J connectivity index is 1.70. The van der Waals surface area contributed by atoms with Gasteiger partial charge in [0.15, 0.2) is 5.82 Å². The summed E-state index contributed by atoms with van der Waals surface area (Å²) in [6.07, 6.45) is 5.21. The summed E-state index contributed by atoms with van der Waals surface area (Å²) in [6.45, 7) is 6.27. The molecule has 1 amide bonds. The van der Waals surface area contributed by atoms with Gasteiger partial charge >= 0.3 is 0 Å². The number of hydrogen-bond acceptors (Lipinski definition) is 4. The lowest BCUT2D eigenvalue weighted by molar-refractivity contribution is 0.102. The molecule has 0 radical (unpaired) electrons. The van der Waals surface area contributed by atoms with E-state index < -0.39 is 0 Å². The topological polar surface area (TPSA) is 111 Å². The van der Waals surface area contributed by atoms with Crippen LogP contribution in [0.5, 0.6) is 0 Å². The Kier molecular flexibility index (Phi) is 5.35. The van der Waals surface area contributed by atoms with Crippen LogP contribution < -0.4 is 16.9 Å². The van der Waals surface area contributed by atoms with Crippen LogP contribution in [0.15, 0.2) is 53.9 Å². The number of rotatable bonds is 6. The molecule has 7 nitrogen and oxygen atoms in total. The van der Waals surface area contributed by atoms with Crippen LogP contribution in [0.2, 0.25) is 0 Å². The third-order valence-corrected chi connectivity index (χ3v) is 4.94. The van der Waals surface area contributed by atoms with Gasteiger partial charge in [-0.25, -0.2) is 4.98 Å². The molecule has 7 heteroatoms. The summed E-state index contributed by atoms with van der Waals surface area (Å²) in [5.74, 6) is 5.97. The van der Waals surface area contributed by atoms with Gasteiger partial charge in [-0.3, -0.25) is 4.79 Å². The maximum absolute atomic E-state index is 12.6. The van der Waals surface area contributed by atoms with E-state index in [1.54, 1.807) is 6.20 Å². The standard InChI is InChI=1S/C21H26N6O/c1-14-4-9-19-24-18(13-27(19)12-14)25-20(28)15-5-7-16(8-6-15)21(2,3)11-10-17(22)26-23/h4-9,12-13H,10-11,23H2,1-3H3,(H2,22,26)(H,25,28). The predicted molar refractivity (Wildman–Crippen MR) is 112 cm³/mol. The Morgan fingerprint density at radius 1 is 1.18 bits per heavy atom. The number of amidine groups is 1. The first-order valence-electron chi connectivity index (χ1n) is 9.18. The summed E-state index contributed by atoms with van der Waals surface area (Å²) in [7, 11) is 0. The van der Waals surface area contributed by atoms with Crippen LogP contribution in [-0.2, 0) is 5.41 Å². The van der Waals surface area contributed by atoms with Crippen molar-refractivity contribution in [2.45, 2.75) is 39.0 Å². The molecule has 0 spiro atoms. The minimum absolute atomic E-state index is 0.107. The maximum Gasteiger partial charge on any atom is 0.256 e. The molecule has 2 heterocycles. The number of benzene rings is 1. The number of hydrogen-bond donors (Lipinski definition) is 3. The molecular weight excluding hydrogens is 352 g/mol. The highest BCUT2D eigenvalue weighted by Crippen LogP contribution is 2.28. The normalized spacial score (nSPS) is 12.3. The fraction of sp³-hybridized carbons (Fsp3) is 0.286. The van der Waals surface area contributed by atoms with Crippen LogP contribution in [0, 0.1) is 6.92 Å². The summed E-state index contributed by atoms with van der Waals surface area (Å²) in [5.41, 5.74) is 9.21. The van der Waals surface area contributed by atoms with Gasteiger partial charge in [0, 0.05) is 18.2 Å². The molecule has 0 aliphatic heterocycles. The van der Waals surface area contributed by atoms with Crippen LogP contribution in [0.25, 0.3) is 5.65 Å². The summed E-state index contributed by atoms with van der Waals surface area (Å²) in [6, 6.07) is 11.5. The highest BCUT2D eigenvalue weighted by atomic mass is 16.1. The molecule has 3 aromatic rings. The van der Waals surface area contributed by atoms with Crippen molar-refractivity contribution in [2.24, 2.45) is 16.7 Å². The zero-order valence-corrected chi connectivity index (χ0v) is 16.4. The lowest BCUT2D eigenvalue weighted by Crippen LogP contribution is -2.22. The lowest BCUT2D eigenvalue weighted by atomic mass is 9.80. The zero-order chi connectivity index (χ0) is 20.3. The van der Waals surface area contributed by atoms with Crippen molar-refractivity contribution in [1.29, 1.82) is 0 Å². The molecule has 0 fully saturated rings. The van der Waals surface area contributed by atoms with E-state index in [1.165, 1.54) is 0 Å². The highest BCUT2D eigenvalue weighted by Gasteiger charge is 2.21. The van der Waals surface area contributed by atoms with Crippen LogP contribution in [0.1, 0.15) is 48.2 Å². The van der Waals surface area contributed by atoms with Crippen molar-refractivity contribution in [2.75, 3.05) is 5.32 Å². The monoisotopic (exact) mass is 378 g/mol. The molecular formula is C21H26N6O. The molecule has 5 N–H and O–H groups in total. The van der Waals surface area contributed by atoms with E-state index in [9.17, 15) is 4.79 Å². The van der Waals surface area contributed by atoms with E-state index >= 15 is 0 Å². The number of amides is 1. The average Bonchev–Trinajstić information content (AvgIpc) is 3.07. The molecule has 0 saturated heterocycles. The van der Waals surface area contributed by atoms with E-state index in [4.69, 9.17) is 11.6 Å². The first-order chi connectivity index (χ1) is 13.3. The Labute approximate surface area is 164 Å². The third-order valence-electron chi connectivity index (χ3n) is 4.94. The average molecular weight is 378 g/mol. The fourth-order valence-corrected chi connectivity index (χ4v) is 3.07. The highest BCUT2D eigenvalue weighted by molar-refractivity contribution is 6.03. The van der Waals surface area contributed by atoms with E-state index in [1.807, 2.05) is 53.9 Å². The zero-order valence-electron chi connectivity index (χ0n) is 16.4. The molecule has 0 bridgehead atoms. The molecule has 28 heavy (non-hydrogen) atoms. The number of carbonyl (C=O) groups is 1. The van der Waals surface area contributed by atoms with E-state index in [0.717, 1.165) is 23.2 Å². The van der Waals surface area contributed by atoms with Crippen molar-refractivity contribution < 1.29 is 4.79 Å². The molecule has 0 saturated carbocycles. The van der Waals surface area contributed by atoms with Gasteiger partial charge in [-0.1, -0.05) is 32.0 Å². The summed E-state index contributed by atoms with van der Waals surface area (Å²) >= 11 is 0. The van der Waals surface area contributed by atoms with E-state index in [2.05, 4.69) is 29.2 Å². The van der Waals surface area contributed by atoms with Gasteiger partial charge in [-0.15, -0.1) is 0 Å². The number of nitrogens with zero attached hydrogens (tertiary/aromatic N) is 3. The Morgan fingerprint density at radius 2 is 1.89 bits per heavy atom. The number of fused-ring (bicyclic) bond motifs is 1.